The van der Waals surface area contributed by atoms with Crippen LogP contribution in [0.4, 0.5) is 0 Å². The van der Waals surface area contributed by atoms with Gasteiger partial charge in [0.15, 0.2) is 6.10 Å². The Labute approximate surface area is 123 Å². The fourth-order valence-electron chi connectivity index (χ4n) is 3.02. The van der Waals surface area contributed by atoms with Gasteiger partial charge >= 0.3 is 0 Å². The summed E-state index contributed by atoms with van der Waals surface area (Å²) in [5.41, 5.74) is 1.22. The van der Waals surface area contributed by atoms with Gasteiger partial charge in [0.1, 0.15) is 11.5 Å². The van der Waals surface area contributed by atoms with Crippen molar-refractivity contribution in [3.8, 4) is 5.75 Å². The fraction of sp³-hybridized carbons (Fsp3) is 0.222. The first-order chi connectivity index (χ1) is 10.3. The molecule has 0 amide bonds. The van der Waals surface area contributed by atoms with Crippen LogP contribution < -0.4 is 4.74 Å². The maximum Gasteiger partial charge on any atom is 0.169 e. The molecule has 0 aliphatic carbocycles. The number of benzene rings is 2. The Kier molecular flexibility index (Phi) is 2.93. The summed E-state index contributed by atoms with van der Waals surface area (Å²) < 4.78 is 11.9. The quantitative estimate of drug-likeness (QED) is 0.709. The number of rotatable bonds is 2. The van der Waals surface area contributed by atoms with Gasteiger partial charge in [0.05, 0.1) is 6.26 Å². The SMILES string of the molecule is CN1Cc2ccoc2C(Oc2cccc3ccccc23)C1. The Bertz CT molecular complexity index is 772. The van der Waals surface area contributed by atoms with Crippen molar-refractivity contribution in [2.75, 3.05) is 13.6 Å². The maximum atomic E-state index is 6.29. The third-order valence-electron chi connectivity index (χ3n) is 4.01. The van der Waals surface area contributed by atoms with E-state index in [-0.39, 0.29) is 6.10 Å². The molecule has 21 heavy (non-hydrogen) atoms. The molecule has 0 radical (unpaired) electrons. The Morgan fingerprint density at radius 2 is 1.95 bits per heavy atom. The Balaban J connectivity index is 1.73. The molecule has 0 saturated carbocycles. The molecule has 4 rings (SSSR count). The van der Waals surface area contributed by atoms with Crippen LogP contribution in [-0.4, -0.2) is 18.5 Å². The lowest BCUT2D eigenvalue weighted by Crippen LogP contribution is -2.32. The highest BCUT2D eigenvalue weighted by atomic mass is 16.5. The zero-order valence-electron chi connectivity index (χ0n) is 12.0. The number of ether oxygens (including phenoxy) is 1. The van der Waals surface area contributed by atoms with Crippen molar-refractivity contribution in [2.24, 2.45) is 0 Å². The Hall–Kier alpha value is -2.26. The average molecular weight is 279 g/mol. The molecule has 1 aliphatic heterocycles. The molecule has 2 heterocycles. The average Bonchev–Trinajstić information content (AvgIpc) is 2.96. The molecule has 0 N–H and O–H groups in total. The van der Waals surface area contributed by atoms with Crippen LogP contribution in [0.5, 0.6) is 5.75 Å². The standard InChI is InChI=1S/C18H17NO2/c1-19-11-14-9-10-20-18(14)17(12-19)21-16-8-4-6-13-5-2-3-7-15(13)16/h2-10,17H,11-12H2,1H3. The van der Waals surface area contributed by atoms with E-state index < -0.39 is 0 Å². The number of hydrogen-bond donors (Lipinski definition) is 0. The van der Waals surface area contributed by atoms with Crippen LogP contribution in [0.2, 0.25) is 0 Å². The molecule has 0 spiro atoms. The molecule has 1 aromatic heterocycles. The second-order valence-electron chi connectivity index (χ2n) is 5.59. The van der Waals surface area contributed by atoms with Crippen LogP contribution in [0.3, 0.4) is 0 Å². The lowest BCUT2D eigenvalue weighted by Gasteiger charge is -2.29. The van der Waals surface area contributed by atoms with Crippen LogP contribution in [0.25, 0.3) is 10.8 Å². The predicted molar refractivity (Wildman–Crippen MR) is 82.4 cm³/mol. The molecule has 0 bridgehead atoms. The summed E-state index contributed by atoms with van der Waals surface area (Å²) >= 11 is 0. The Morgan fingerprint density at radius 3 is 2.90 bits per heavy atom. The van der Waals surface area contributed by atoms with E-state index in [1.165, 1.54) is 10.9 Å². The molecular weight excluding hydrogens is 262 g/mol. The number of hydrogen-bond acceptors (Lipinski definition) is 3. The van der Waals surface area contributed by atoms with E-state index in [0.29, 0.717) is 0 Å². The molecule has 2 aromatic carbocycles. The van der Waals surface area contributed by atoms with Crippen LogP contribution in [-0.2, 0) is 6.54 Å². The summed E-state index contributed by atoms with van der Waals surface area (Å²) in [5, 5.41) is 2.33. The summed E-state index contributed by atoms with van der Waals surface area (Å²) in [7, 11) is 2.11. The van der Waals surface area contributed by atoms with Crippen LogP contribution in [0.15, 0.2) is 59.2 Å². The first-order valence-electron chi connectivity index (χ1n) is 7.20. The molecule has 0 saturated heterocycles. The first kappa shape index (κ1) is 12.5. The molecule has 3 aromatic rings. The van der Waals surface area contributed by atoms with Crippen molar-refractivity contribution >= 4 is 10.8 Å². The smallest absolute Gasteiger partial charge is 0.169 e. The van der Waals surface area contributed by atoms with E-state index in [1.807, 2.05) is 30.3 Å². The summed E-state index contributed by atoms with van der Waals surface area (Å²) in [6.07, 6.45) is 1.70. The van der Waals surface area contributed by atoms with Crippen molar-refractivity contribution in [3.63, 3.8) is 0 Å². The highest BCUT2D eigenvalue weighted by Gasteiger charge is 2.28. The molecule has 3 heteroatoms. The minimum Gasteiger partial charge on any atom is -0.480 e. The van der Waals surface area contributed by atoms with Gasteiger partial charge in [0.25, 0.3) is 0 Å². The van der Waals surface area contributed by atoms with Gasteiger partial charge in [-0.25, -0.2) is 0 Å². The summed E-state index contributed by atoms with van der Waals surface area (Å²) in [6, 6.07) is 16.5. The third kappa shape index (κ3) is 2.20. The van der Waals surface area contributed by atoms with Crippen molar-refractivity contribution in [1.82, 2.24) is 4.90 Å². The van der Waals surface area contributed by atoms with E-state index in [4.69, 9.17) is 9.15 Å². The molecule has 3 nitrogen and oxygen atoms in total. The first-order valence-corrected chi connectivity index (χ1v) is 7.20. The van der Waals surface area contributed by atoms with Crippen molar-refractivity contribution in [3.05, 3.63) is 66.1 Å². The van der Waals surface area contributed by atoms with E-state index in [0.717, 1.165) is 30.0 Å². The fourth-order valence-corrected chi connectivity index (χ4v) is 3.02. The minimum absolute atomic E-state index is 0.0560. The Morgan fingerprint density at radius 1 is 1.10 bits per heavy atom. The van der Waals surface area contributed by atoms with Crippen LogP contribution >= 0.6 is 0 Å². The highest BCUT2D eigenvalue weighted by molar-refractivity contribution is 5.88. The molecular formula is C18H17NO2. The zero-order chi connectivity index (χ0) is 14.2. The maximum absolute atomic E-state index is 6.29. The third-order valence-corrected chi connectivity index (χ3v) is 4.01. The van der Waals surface area contributed by atoms with Crippen molar-refractivity contribution in [1.29, 1.82) is 0 Å². The van der Waals surface area contributed by atoms with Gasteiger partial charge in [-0.3, -0.25) is 4.90 Å². The van der Waals surface area contributed by atoms with Gasteiger partial charge in [-0.15, -0.1) is 0 Å². The van der Waals surface area contributed by atoms with Gasteiger partial charge in [0, 0.05) is 24.0 Å². The van der Waals surface area contributed by atoms with E-state index in [9.17, 15) is 0 Å². The normalized spacial score (nSPS) is 18.6. The number of nitrogens with zero attached hydrogens (tertiary/aromatic N) is 1. The summed E-state index contributed by atoms with van der Waals surface area (Å²) in [4.78, 5) is 2.26. The van der Waals surface area contributed by atoms with Gasteiger partial charge < -0.3 is 9.15 Å². The number of fused-ring (bicyclic) bond motifs is 2. The second-order valence-corrected chi connectivity index (χ2v) is 5.59. The molecule has 1 unspecified atom stereocenters. The van der Waals surface area contributed by atoms with Gasteiger partial charge in [-0.2, -0.15) is 0 Å². The largest absolute Gasteiger partial charge is 0.480 e. The minimum atomic E-state index is -0.0560. The molecule has 106 valence electrons. The topological polar surface area (TPSA) is 25.6 Å². The summed E-state index contributed by atoms with van der Waals surface area (Å²) in [6.45, 7) is 1.75. The lowest BCUT2D eigenvalue weighted by molar-refractivity contribution is 0.108. The van der Waals surface area contributed by atoms with Crippen LogP contribution in [0, 0.1) is 0 Å². The van der Waals surface area contributed by atoms with E-state index in [2.05, 4.69) is 30.1 Å². The monoisotopic (exact) mass is 279 g/mol. The molecule has 0 fully saturated rings. The number of likely N-dealkylation sites (N-methyl/N-ethyl adjacent to an activating group) is 1. The van der Waals surface area contributed by atoms with Gasteiger partial charge in [-0.1, -0.05) is 36.4 Å². The van der Waals surface area contributed by atoms with Crippen molar-refractivity contribution < 1.29 is 9.15 Å². The predicted octanol–water partition coefficient (Wildman–Crippen LogP) is 4.00. The van der Waals surface area contributed by atoms with E-state index >= 15 is 0 Å². The zero-order valence-corrected chi connectivity index (χ0v) is 12.0. The van der Waals surface area contributed by atoms with E-state index in [1.54, 1.807) is 6.26 Å². The van der Waals surface area contributed by atoms with Crippen LogP contribution in [0.1, 0.15) is 17.4 Å². The highest BCUT2D eigenvalue weighted by Crippen LogP contribution is 2.34. The van der Waals surface area contributed by atoms with Crippen molar-refractivity contribution in [2.45, 2.75) is 12.6 Å². The second kappa shape index (κ2) is 4.93. The molecule has 1 aliphatic rings. The summed E-state index contributed by atoms with van der Waals surface area (Å²) in [5.74, 6) is 1.87. The number of furan rings is 1. The molecule has 1 atom stereocenters. The van der Waals surface area contributed by atoms with Gasteiger partial charge in [0.2, 0.25) is 0 Å². The lowest BCUT2D eigenvalue weighted by atomic mass is 10.1. The van der Waals surface area contributed by atoms with Gasteiger partial charge in [-0.05, 0) is 24.6 Å².